The summed E-state index contributed by atoms with van der Waals surface area (Å²) in [6, 6.07) is 6.94. The topological polar surface area (TPSA) is 57.6 Å². The van der Waals surface area contributed by atoms with E-state index in [1.54, 1.807) is 18.2 Å². The summed E-state index contributed by atoms with van der Waals surface area (Å²) in [6.07, 6.45) is 4.15. The second kappa shape index (κ2) is 7.82. The van der Waals surface area contributed by atoms with Crippen LogP contribution in [0.3, 0.4) is 0 Å². The molecule has 1 saturated heterocycles. The quantitative estimate of drug-likeness (QED) is 0.907. The third-order valence-electron chi connectivity index (χ3n) is 5.16. The molecule has 1 heterocycles. The molecule has 1 aromatic carbocycles. The molecule has 1 N–H and O–H groups in total. The van der Waals surface area contributed by atoms with Gasteiger partial charge in [-0.05, 0) is 48.6 Å². The molecule has 1 atom stereocenters. The number of nitrogens with zero attached hydrogens (tertiary/aromatic N) is 1. The lowest BCUT2D eigenvalue weighted by molar-refractivity contribution is -0.131. The van der Waals surface area contributed by atoms with Crippen LogP contribution in [0.25, 0.3) is 0 Å². The first kappa shape index (κ1) is 18.5. The zero-order valence-electron chi connectivity index (χ0n) is 15.0. The van der Waals surface area contributed by atoms with Crippen molar-refractivity contribution in [1.82, 2.24) is 4.90 Å². The highest BCUT2D eigenvalue weighted by Gasteiger charge is 2.28. The summed E-state index contributed by atoms with van der Waals surface area (Å²) in [5.41, 5.74) is 1.33. The first-order chi connectivity index (χ1) is 11.3. The molecule has 0 radical (unpaired) electrons. The zero-order chi connectivity index (χ0) is 17.7. The lowest BCUT2D eigenvalue weighted by Gasteiger charge is -2.29. The fourth-order valence-electron chi connectivity index (χ4n) is 3.56. The van der Waals surface area contributed by atoms with Gasteiger partial charge in [0.05, 0.1) is 5.56 Å². The molecule has 132 valence electrons. The van der Waals surface area contributed by atoms with E-state index in [2.05, 4.69) is 20.8 Å². The van der Waals surface area contributed by atoms with Crippen molar-refractivity contribution in [2.75, 3.05) is 13.1 Å². The number of benzene rings is 1. The summed E-state index contributed by atoms with van der Waals surface area (Å²) in [5.74, 6) is -0.131. The van der Waals surface area contributed by atoms with E-state index in [-0.39, 0.29) is 5.91 Å². The molecule has 0 aliphatic carbocycles. The second-order valence-corrected chi connectivity index (χ2v) is 7.84. The van der Waals surface area contributed by atoms with Gasteiger partial charge in [0, 0.05) is 19.5 Å². The van der Waals surface area contributed by atoms with E-state index in [1.807, 2.05) is 11.0 Å². The Bertz CT molecular complexity index is 589. The third kappa shape index (κ3) is 4.83. The van der Waals surface area contributed by atoms with E-state index in [0.717, 1.165) is 31.5 Å². The van der Waals surface area contributed by atoms with E-state index in [9.17, 15) is 14.7 Å². The van der Waals surface area contributed by atoms with E-state index in [4.69, 9.17) is 0 Å². The molecule has 0 saturated carbocycles. The number of rotatable bonds is 4. The fourth-order valence-corrected chi connectivity index (χ4v) is 3.56. The summed E-state index contributed by atoms with van der Waals surface area (Å²) in [6.45, 7) is 8.47. The Kier molecular flexibility index (Phi) is 6.03. The van der Waals surface area contributed by atoms with Crippen LogP contribution in [0, 0.1) is 11.3 Å². The van der Waals surface area contributed by atoms with Crippen molar-refractivity contribution >= 4 is 11.9 Å². The number of hydrogen-bond donors (Lipinski definition) is 1. The average molecular weight is 331 g/mol. The Morgan fingerprint density at radius 3 is 2.54 bits per heavy atom. The molecule has 1 unspecified atom stereocenters. The maximum atomic E-state index is 12.5. The van der Waals surface area contributed by atoms with Gasteiger partial charge in [-0.25, -0.2) is 4.79 Å². The van der Waals surface area contributed by atoms with Gasteiger partial charge in [0.2, 0.25) is 5.91 Å². The Morgan fingerprint density at radius 2 is 1.88 bits per heavy atom. The minimum absolute atomic E-state index is 0.143. The summed E-state index contributed by atoms with van der Waals surface area (Å²) in [4.78, 5) is 25.8. The highest BCUT2D eigenvalue weighted by Crippen LogP contribution is 2.34. The number of carbonyl (C=O) groups is 2. The van der Waals surface area contributed by atoms with Crippen LogP contribution >= 0.6 is 0 Å². The van der Waals surface area contributed by atoms with Crippen LogP contribution in [0.4, 0.5) is 0 Å². The lowest BCUT2D eigenvalue weighted by atomic mass is 9.77. The number of carbonyl (C=O) groups excluding carboxylic acids is 1. The van der Waals surface area contributed by atoms with Crippen LogP contribution in [0.15, 0.2) is 24.3 Å². The summed E-state index contributed by atoms with van der Waals surface area (Å²) >= 11 is 0. The van der Waals surface area contributed by atoms with Crippen molar-refractivity contribution < 1.29 is 14.7 Å². The predicted octanol–water partition coefficient (Wildman–Crippen LogP) is 3.99. The summed E-state index contributed by atoms with van der Waals surface area (Å²) in [5, 5.41) is 9.23. The van der Waals surface area contributed by atoms with E-state index in [0.29, 0.717) is 29.7 Å². The second-order valence-electron chi connectivity index (χ2n) is 7.84. The third-order valence-corrected chi connectivity index (χ3v) is 5.16. The number of aryl methyl sites for hydroxylation is 1. The Morgan fingerprint density at radius 1 is 1.17 bits per heavy atom. The number of amides is 1. The van der Waals surface area contributed by atoms with Gasteiger partial charge in [0.25, 0.3) is 0 Å². The van der Waals surface area contributed by atoms with E-state index >= 15 is 0 Å². The fraction of sp³-hybridized carbons (Fsp3) is 0.600. The highest BCUT2D eigenvalue weighted by molar-refractivity contribution is 5.89. The predicted molar refractivity (Wildman–Crippen MR) is 95.1 cm³/mol. The van der Waals surface area contributed by atoms with Gasteiger partial charge in [0.15, 0.2) is 0 Å². The smallest absolute Gasteiger partial charge is 0.335 e. The summed E-state index contributed by atoms with van der Waals surface area (Å²) < 4.78 is 0. The number of aromatic carboxylic acids is 1. The standard InChI is InChI=1S/C20H29NO3/c1-20(2,3)16-8-6-13-21(14-12-16)18(22)11-10-15-7-4-5-9-17(15)19(23)24/h4-5,7,9,16H,6,8,10-14H2,1-3H3,(H,23,24). The molecule has 2 rings (SSSR count). The Hall–Kier alpha value is -1.84. The monoisotopic (exact) mass is 331 g/mol. The Balaban J connectivity index is 1.93. The van der Waals surface area contributed by atoms with Crippen molar-refractivity contribution in [1.29, 1.82) is 0 Å². The SMILES string of the molecule is CC(C)(C)C1CCCN(C(=O)CCc2ccccc2C(=O)O)CC1. The highest BCUT2D eigenvalue weighted by atomic mass is 16.4. The van der Waals surface area contributed by atoms with Gasteiger partial charge in [-0.15, -0.1) is 0 Å². The maximum Gasteiger partial charge on any atom is 0.335 e. The lowest BCUT2D eigenvalue weighted by Crippen LogP contribution is -2.32. The first-order valence-corrected chi connectivity index (χ1v) is 8.88. The molecule has 4 nitrogen and oxygen atoms in total. The van der Waals surface area contributed by atoms with Gasteiger partial charge in [-0.3, -0.25) is 4.79 Å². The van der Waals surface area contributed by atoms with Crippen LogP contribution in [0.2, 0.25) is 0 Å². The van der Waals surface area contributed by atoms with Crippen molar-refractivity contribution in [2.45, 2.75) is 52.9 Å². The van der Waals surface area contributed by atoms with Gasteiger partial charge in [-0.1, -0.05) is 39.0 Å². The molecule has 0 aromatic heterocycles. The van der Waals surface area contributed by atoms with Gasteiger partial charge in [0.1, 0.15) is 0 Å². The van der Waals surface area contributed by atoms with Gasteiger partial charge >= 0.3 is 5.97 Å². The molecule has 4 heteroatoms. The maximum absolute atomic E-state index is 12.5. The number of likely N-dealkylation sites (tertiary alicyclic amines) is 1. The molecular weight excluding hydrogens is 302 g/mol. The normalized spacial score (nSPS) is 19.0. The van der Waals surface area contributed by atoms with Gasteiger partial charge in [-0.2, -0.15) is 0 Å². The van der Waals surface area contributed by atoms with Crippen LogP contribution in [-0.2, 0) is 11.2 Å². The molecule has 0 bridgehead atoms. The molecular formula is C20H29NO3. The van der Waals surface area contributed by atoms with Crippen molar-refractivity contribution in [2.24, 2.45) is 11.3 Å². The largest absolute Gasteiger partial charge is 0.478 e. The van der Waals surface area contributed by atoms with Crippen molar-refractivity contribution in [3.8, 4) is 0 Å². The van der Waals surface area contributed by atoms with Gasteiger partial charge < -0.3 is 10.0 Å². The van der Waals surface area contributed by atoms with Crippen LogP contribution < -0.4 is 0 Å². The van der Waals surface area contributed by atoms with E-state index in [1.165, 1.54) is 6.42 Å². The minimum Gasteiger partial charge on any atom is -0.478 e. The zero-order valence-corrected chi connectivity index (χ0v) is 15.0. The van der Waals surface area contributed by atoms with Crippen LogP contribution in [0.5, 0.6) is 0 Å². The molecule has 1 fully saturated rings. The Labute approximate surface area is 144 Å². The number of carboxylic acid groups (broad SMARTS) is 1. The van der Waals surface area contributed by atoms with Crippen LogP contribution in [0.1, 0.15) is 62.4 Å². The van der Waals surface area contributed by atoms with Crippen molar-refractivity contribution in [3.63, 3.8) is 0 Å². The summed E-state index contributed by atoms with van der Waals surface area (Å²) in [7, 11) is 0. The molecule has 1 aliphatic rings. The first-order valence-electron chi connectivity index (χ1n) is 8.88. The van der Waals surface area contributed by atoms with E-state index < -0.39 is 5.97 Å². The number of hydrogen-bond acceptors (Lipinski definition) is 2. The van der Waals surface area contributed by atoms with Crippen LogP contribution in [-0.4, -0.2) is 35.0 Å². The number of carboxylic acids is 1. The molecule has 1 aromatic rings. The molecule has 1 amide bonds. The molecule has 24 heavy (non-hydrogen) atoms. The molecule has 1 aliphatic heterocycles. The van der Waals surface area contributed by atoms with Crippen molar-refractivity contribution in [3.05, 3.63) is 35.4 Å². The molecule has 0 spiro atoms. The average Bonchev–Trinajstić information content (AvgIpc) is 2.78. The minimum atomic E-state index is -0.930.